The van der Waals surface area contributed by atoms with Crippen LogP contribution in [0.5, 0.6) is 0 Å². The number of nitrogens with zero attached hydrogens (tertiary/aromatic N) is 5. The van der Waals surface area contributed by atoms with Crippen LogP contribution in [0.25, 0.3) is 11.3 Å². The summed E-state index contributed by atoms with van der Waals surface area (Å²) in [5.41, 5.74) is 7.67. The minimum Gasteiger partial charge on any atom is -0.388 e. The highest BCUT2D eigenvalue weighted by molar-refractivity contribution is 5.75. The summed E-state index contributed by atoms with van der Waals surface area (Å²) >= 11 is 0. The molecule has 0 bridgehead atoms. The van der Waals surface area contributed by atoms with Crippen LogP contribution in [0.3, 0.4) is 0 Å². The summed E-state index contributed by atoms with van der Waals surface area (Å²) < 4.78 is 26.3. The van der Waals surface area contributed by atoms with Crippen LogP contribution in [0, 0.1) is 5.82 Å². The number of aliphatic imine (C=N–C) groups is 1. The lowest BCUT2D eigenvalue weighted by Gasteiger charge is -2.26. The van der Waals surface area contributed by atoms with Crippen molar-refractivity contribution in [3.63, 3.8) is 0 Å². The van der Waals surface area contributed by atoms with Crippen molar-refractivity contribution in [2.75, 3.05) is 38.3 Å². The molecule has 3 N–H and O–H groups in total. The zero-order valence-corrected chi connectivity index (χ0v) is 21.8. The fourth-order valence-corrected chi connectivity index (χ4v) is 5.22. The number of hydrazine groups is 1. The number of hydrogen-bond acceptors (Lipinski definition) is 9. The molecule has 3 aromatic rings. The first-order chi connectivity index (χ1) is 19.0. The molecule has 11 heteroatoms. The van der Waals surface area contributed by atoms with Crippen LogP contribution < -0.4 is 5.43 Å². The van der Waals surface area contributed by atoms with E-state index in [2.05, 4.69) is 39.6 Å². The maximum absolute atomic E-state index is 13.4. The van der Waals surface area contributed by atoms with Gasteiger partial charge in [0.2, 0.25) is 0 Å². The second-order valence-electron chi connectivity index (χ2n) is 10.2. The second kappa shape index (κ2) is 11.0. The number of aliphatic hydroxyl groups is 2. The minimum absolute atomic E-state index is 0.307. The highest BCUT2D eigenvalue weighted by Gasteiger charge is 2.43. The molecule has 3 aliphatic heterocycles. The highest BCUT2D eigenvalue weighted by Crippen LogP contribution is 2.39. The number of rotatable bonds is 7. The number of morpholine rings is 1. The van der Waals surface area contributed by atoms with E-state index in [-0.39, 0.29) is 5.82 Å². The molecule has 2 fully saturated rings. The van der Waals surface area contributed by atoms with Crippen LogP contribution >= 0.6 is 0 Å². The van der Waals surface area contributed by atoms with E-state index in [1.165, 1.54) is 17.7 Å². The maximum Gasteiger partial charge on any atom is 0.181 e. The molecule has 0 aliphatic carbocycles. The number of nitrogens with one attached hydrogen (secondary N) is 1. The Hall–Kier alpha value is -3.35. The Morgan fingerprint density at radius 1 is 1.03 bits per heavy atom. The predicted octanol–water partition coefficient (Wildman–Crippen LogP) is 2.71. The van der Waals surface area contributed by atoms with E-state index in [0.717, 1.165) is 61.8 Å². The molecule has 206 valence electrons. The summed E-state index contributed by atoms with van der Waals surface area (Å²) in [6, 6.07) is 14.5. The first kappa shape index (κ1) is 25.9. The van der Waals surface area contributed by atoms with E-state index in [0.29, 0.717) is 12.4 Å². The topological polar surface area (TPSA) is 108 Å². The Bertz CT molecular complexity index is 1310. The van der Waals surface area contributed by atoms with E-state index in [9.17, 15) is 14.6 Å². The minimum atomic E-state index is -1.13. The third-order valence-electron chi connectivity index (χ3n) is 7.51. The van der Waals surface area contributed by atoms with Crippen LogP contribution in [-0.4, -0.2) is 87.4 Å². The third kappa shape index (κ3) is 5.41. The number of aromatic nitrogens is 2. The maximum atomic E-state index is 13.4. The van der Waals surface area contributed by atoms with E-state index in [1.807, 2.05) is 0 Å². The zero-order chi connectivity index (χ0) is 26.9. The summed E-state index contributed by atoms with van der Waals surface area (Å²) in [7, 11) is 0. The molecule has 4 heterocycles. The van der Waals surface area contributed by atoms with Gasteiger partial charge in [-0.05, 0) is 43.2 Å². The highest BCUT2D eigenvalue weighted by atomic mass is 19.1. The molecule has 0 unspecified atom stereocenters. The SMILES string of the molecule is C[C@H]1O[C@@H](n2nc(-c3ccc(CCN4CCOCC4)cc3)c3c2N=CN(Nc2ccc(F)cc2)C3)[C@H](O)[C@@H]1O. The molecule has 6 rings (SSSR count). The van der Waals surface area contributed by atoms with Crippen molar-refractivity contribution in [2.45, 2.75) is 44.4 Å². The lowest BCUT2D eigenvalue weighted by molar-refractivity contribution is -0.0384. The van der Waals surface area contributed by atoms with Gasteiger partial charge in [-0.2, -0.15) is 5.10 Å². The van der Waals surface area contributed by atoms with Gasteiger partial charge in [0, 0.05) is 30.8 Å². The Labute approximate surface area is 226 Å². The second-order valence-corrected chi connectivity index (χ2v) is 10.2. The Morgan fingerprint density at radius 3 is 2.46 bits per heavy atom. The van der Waals surface area contributed by atoms with Gasteiger partial charge in [-0.1, -0.05) is 24.3 Å². The predicted molar refractivity (Wildman–Crippen MR) is 144 cm³/mol. The molecular weight excluding hydrogens is 503 g/mol. The van der Waals surface area contributed by atoms with E-state index >= 15 is 0 Å². The number of fused-ring (bicyclic) bond motifs is 1. The van der Waals surface area contributed by atoms with Gasteiger partial charge in [0.15, 0.2) is 12.0 Å². The number of benzene rings is 2. The third-order valence-corrected chi connectivity index (χ3v) is 7.51. The van der Waals surface area contributed by atoms with Gasteiger partial charge in [-0.25, -0.2) is 14.1 Å². The summed E-state index contributed by atoms with van der Waals surface area (Å²) in [5, 5.41) is 27.6. The van der Waals surface area contributed by atoms with Crippen molar-refractivity contribution in [3.05, 3.63) is 65.5 Å². The van der Waals surface area contributed by atoms with E-state index in [1.54, 1.807) is 35.1 Å². The fourth-order valence-electron chi connectivity index (χ4n) is 5.22. The van der Waals surface area contributed by atoms with Crippen molar-refractivity contribution in [1.82, 2.24) is 19.7 Å². The molecule has 4 atom stereocenters. The van der Waals surface area contributed by atoms with E-state index in [4.69, 9.17) is 14.6 Å². The molecule has 10 nitrogen and oxygen atoms in total. The van der Waals surface area contributed by atoms with Gasteiger partial charge in [0.05, 0.1) is 37.2 Å². The van der Waals surface area contributed by atoms with Crippen molar-refractivity contribution >= 4 is 17.8 Å². The van der Waals surface area contributed by atoms with Gasteiger partial charge in [-0.15, -0.1) is 0 Å². The smallest absolute Gasteiger partial charge is 0.181 e. The number of anilines is 1. The fraction of sp³-hybridized carbons (Fsp3) is 0.429. The summed E-state index contributed by atoms with van der Waals surface area (Å²) in [5.74, 6) is 0.252. The lowest BCUT2D eigenvalue weighted by atomic mass is 10.0. The first-order valence-corrected chi connectivity index (χ1v) is 13.3. The van der Waals surface area contributed by atoms with Crippen LogP contribution in [0.1, 0.15) is 24.3 Å². The Morgan fingerprint density at radius 2 is 1.77 bits per heavy atom. The van der Waals surface area contributed by atoms with Gasteiger partial charge < -0.3 is 19.7 Å². The lowest BCUT2D eigenvalue weighted by Crippen LogP contribution is -2.37. The van der Waals surface area contributed by atoms with Crippen molar-refractivity contribution in [3.8, 4) is 11.3 Å². The van der Waals surface area contributed by atoms with Crippen molar-refractivity contribution < 1.29 is 24.1 Å². The normalized spacial score (nSPS) is 25.2. The van der Waals surface area contributed by atoms with Crippen LogP contribution in [0.2, 0.25) is 0 Å². The molecular formula is C28H33FN6O4. The largest absolute Gasteiger partial charge is 0.388 e. The molecule has 39 heavy (non-hydrogen) atoms. The summed E-state index contributed by atoms with van der Waals surface area (Å²) in [6.45, 7) is 6.64. The monoisotopic (exact) mass is 536 g/mol. The molecule has 1 aromatic heterocycles. The molecule has 0 spiro atoms. The average Bonchev–Trinajstić information content (AvgIpc) is 3.46. The molecule has 0 radical (unpaired) electrons. The summed E-state index contributed by atoms with van der Waals surface area (Å²) in [4.78, 5) is 7.05. The average molecular weight is 537 g/mol. The van der Waals surface area contributed by atoms with Gasteiger partial charge in [-0.3, -0.25) is 15.3 Å². The van der Waals surface area contributed by atoms with Crippen molar-refractivity contribution in [2.24, 2.45) is 4.99 Å². The summed E-state index contributed by atoms with van der Waals surface area (Å²) in [6.07, 6.45) is -0.978. The standard InChI is InChI=1S/C28H33FN6O4/c1-18-25(36)26(37)28(39-18)35-27-23(16-34(17-30-27)31-22-8-6-21(29)7-9-22)24(32-35)20-4-2-19(3-5-20)10-11-33-12-14-38-15-13-33/h2-9,17-18,25-26,28,31,36-37H,10-16H2,1H3/t18-,25-,26-,28-/m1/s1. The molecule has 2 saturated heterocycles. The number of hydrogen-bond donors (Lipinski definition) is 3. The van der Waals surface area contributed by atoms with Gasteiger partial charge >= 0.3 is 0 Å². The molecule has 2 aromatic carbocycles. The Kier molecular flexibility index (Phi) is 7.32. The number of aliphatic hydroxyl groups excluding tert-OH is 2. The van der Waals surface area contributed by atoms with Crippen LogP contribution in [0.15, 0.2) is 53.5 Å². The van der Waals surface area contributed by atoms with E-state index < -0.39 is 24.5 Å². The van der Waals surface area contributed by atoms with Crippen LogP contribution in [-0.2, 0) is 22.4 Å². The Balaban J connectivity index is 1.27. The van der Waals surface area contributed by atoms with Crippen LogP contribution in [0.4, 0.5) is 15.9 Å². The quantitative estimate of drug-likeness (QED) is 0.423. The first-order valence-electron chi connectivity index (χ1n) is 13.3. The molecule has 0 saturated carbocycles. The zero-order valence-electron chi connectivity index (χ0n) is 21.8. The van der Waals surface area contributed by atoms with Gasteiger partial charge in [0.1, 0.15) is 24.4 Å². The number of halogens is 1. The number of ether oxygens (including phenoxy) is 2. The van der Waals surface area contributed by atoms with Gasteiger partial charge in [0.25, 0.3) is 0 Å². The molecule has 0 amide bonds. The van der Waals surface area contributed by atoms with Crippen molar-refractivity contribution in [1.29, 1.82) is 0 Å². The molecule has 3 aliphatic rings.